The summed E-state index contributed by atoms with van der Waals surface area (Å²) in [7, 11) is 0. The van der Waals surface area contributed by atoms with Gasteiger partial charge >= 0.3 is 0 Å². The number of benzene rings is 1. The lowest BCUT2D eigenvalue weighted by atomic mass is 10.0. The molecule has 2 rings (SSSR count). The van der Waals surface area contributed by atoms with Crippen LogP contribution in [0.3, 0.4) is 0 Å². The van der Waals surface area contributed by atoms with Crippen LogP contribution in [-0.4, -0.2) is 29.2 Å². The normalized spacial score (nSPS) is 19.3. The molecular formula is C13H19NO. The fourth-order valence-electron chi connectivity index (χ4n) is 2.11. The van der Waals surface area contributed by atoms with Crippen LogP contribution >= 0.6 is 0 Å². The topological polar surface area (TPSA) is 23.5 Å². The number of likely N-dealkylation sites (tertiary alicyclic amines) is 1. The third kappa shape index (κ3) is 2.80. The fraction of sp³-hybridized carbons (Fsp3) is 0.538. The molecule has 0 atom stereocenters. The Labute approximate surface area is 91.5 Å². The molecule has 0 unspecified atom stereocenters. The van der Waals surface area contributed by atoms with Crippen LogP contribution in [0.25, 0.3) is 0 Å². The Hall–Kier alpha value is -0.860. The molecule has 1 aliphatic heterocycles. The van der Waals surface area contributed by atoms with E-state index in [9.17, 15) is 5.11 Å². The Morgan fingerprint density at radius 2 is 1.93 bits per heavy atom. The predicted molar refractivity (Wildman–Crippen MR) is 61.7 cm³/mol. The smallest absolute Gasteiger partial charge is 0.0564 e. The average Bonchev–Trinajstić information content (AvgIpc) is 2.25. The Bertz CT molecular complexity index is 316. The van der Waals surface area contributed by atoms with Crippen LogP contribution in [0, 0.1) is 6.92 Å². The monoisotopic (exact) mass is 205 g/mol. The molecule has 0 radical (unpaired) electrons. The van der Waals surface area contributed by atoms with Gasteiger partial charge in [-0.25, -0.2) is 0 Å². The van der Waals surface area contributed by atoms with Crippen molar-refractivity contribution in [3.8, 4) is 0 Å². The Balaban J connectivity index is 1.95. The SMILES string of the molecule is Cc1ccccc1CN1CCC(O)CC1. The molecule has 0 spiro atoms. The van der Waals surface area contributed by atoms with E-state index >= 15 is 0 Å². The van der Waals surface area contributed by atoms with Gasteiger partial charge in [0, 0.05) is 19.6 Å². The number of nitrogens with zero attached hydrogens (tertiary/aromatic N) is 1. The number of hydrogen-bond donors (Lipinski definition) is 1. The molecule has 1 aromatic rings. The number of hydrogen-bond acceptors (Lipinski definition) is 2. The van der Waals surface area contributed by atoms with Crippen molar-refractivity contribution in [3.05, 3.63) is 35.4 Å². The summed E-state index contributed by atoms with van der Waals surface area (Å²) in [6, 6.07) is 8.54. The molecule has 0 aliphatic carbocycles. The van der Waals surface area contributed by atoms with Gasteiger partial charge in [0.2, 0.25) is 0 Å². The van der Waals surface area contributed by atoms with Gasteiger partial charge in [0.25, 0.3) is 0 Å². The maximum Gasteiger partial charge on any atom is 0.0564 e. The molecule has 2 nitrogen and oxygen atoms in total. The number of rotatable bonds is 2. The summed E-state index contributed by atoms with van der Waals surface area (Å²) in [4.78, 5) is 2.43. The molecule has 0 aromatic heterocycles. The van der Waals surface area contributed by atoms with Crippen molar-refractivity contribution < 1.29 is 5.11 Å². The van der Waals surface area contributed by atoms with Crippen LogP contribution in [0.1, 0.15) is 24.0 Å². The molecule has 2 heteroatoms. The number of piperidine rings is 1. The van der Waals surface area contributed by atoms with Crippen molar-refractivity contribution >= 4 is 0 Å². The van der Waals surface area contributed by atoms with E-state index in [1.807, 2.05) is 0 Å². The highest BCUT2D eigenvalue weighted by molar-refractivity contribution is 5.25. The second kappa shape index (κ2) is 4.77. The lowest BCUT2D eigenvalue weighted by Crippen LogP contribution is -2.35. The van der Waals surface area contributed by atoms with E-state index in [-0.39, 0.29) is 6.10 Å². The molecule has 1 fully saturated rings. The van der Waals surface area contributed by atoms with Crippen LogP contribution in [0.2, 0.25) is 0 Å². The predicted octanol–water partition coefficient (Wildman–Crippen LogP) is 1.95. The summed E-state index contributed by atoms with van der Waals surface area (Å²) in [5, 5.41) is 9.42. The van der Waals surface area contributed by atoms with E-state index in [1.165, 1.54) is 11.1 Å². The van der Waals surface area contributed by atoms with Crippen molar-refractivity contribution in [1.82, 2.24) is 4.90 Å². The van der Waals surface area contributed by atoms with Crippen LogP contribution in [0.4, 0.5) is 0 Å². The van der Waals surface area contributed by atoms with Crippen molar-refractivity contribution in [2.45, 2.75) is 32.4 Å². The highest BCUT2D eigenvalue weighted by Crippen LogP contribution is 2.15. The van der Waals surface area contributed by atoms with Crippen molar-refractivity contribution in [1.29, 1.82) is 0 Å². The second-order valence-corrected chi connectivity index (χ2v) is 4.43. The third-order valence-electron chi connectivity index (χ3n) is 3.21. The quantitative estimate of drug-likeness (QED) is 0.797. The Kier molecular flexibility index (Phi) is 3.39. The lowest BCUT2D eigenvalue weighted by molar-refractivity contribution is 0.0792. The van der Waals surface area contributed by atoms with Crippen molar-refractivity contribution in [2.24, 2.45) is 0 Å². The zero-order valence-electron chi connectivity index (χ0n) is 9.32. The maximum absolute atomic E-state index is 9.42. The van der Waals surface area contributed by atoms with Gasteiger partial charge in [-0.3, -0.25) is 4.90 Å². The van der Waals surface area contributed by atoms with Gasteiger partial charge in [0.05, 0.1) is 6.10 Å². The van der Waals surface area contributed by atoms with Crippen LogP contribution in [-0.2, 0) is 6.54 Å². The third-order valence-corrected chi connectivity index (χ3v) is 3.21. The molecule has 1 saturated heterocycles. The summed E-state index contributed by atoms with van der Waals surface area (Å²) < 4.78 is 0. The zero-order chi connectivity index (χ0) is 10.7. The molecule has 15 heavy (non-hydrogen) atoms. The number of aryl methyl sites for hydroxylation is 1. The summed E-state index contributed by atoms with van der Waals surface area (Å²) >= 11 is 0. The molecule has 1 aliphatic rings. The largest absolute Gasteiger partial charge is 0.393 e. The maximum atomic E-state index is 9.42. The van der Waals surface area contributed by atoms with Gasteiger partial charge in [0.15, 0.2) is 0 Å². The molecule has 0 saturated carbocycles. The van der Waals surface area contributed by atoms with Crippen LogP contribution < -0.4 is 0 Å². The minimum Gasteiger partial charge on any atom is -0.393 e. The first-order chi connectivity index (χ1) is 7.25. The van der Waals surface area contributed by atoms with E-state index in [0.29, 0.717) is 0 Å². The Morgan fingerprint density at radius 1 is 1.27 bits per heavy atom. The van der Waals surface area contributed by atoms with E-state index in [1.54, 1.807) is 0 Å². The molecule has 0 amide bonds. The minimum atomic E-state index is -0.0712. The molecular weight excluding hydrogens is 186 g/mol. The Morgan fingerprint density at radius 3 is 2.60 bits per heavy atom. The van der Waals surface area contributed by atoms with Gasteiger partial charge in [0.1, 0.15) is 0 Å². The standard InChI is InChI=1S/C13H19NO/c1-11-4-2-3-5-12(11)10-14-8-6-13(15)7-9-14/h2-5,13,15H,6-10H2,1H3. The first kappa shape index (κ1) is 10.7. The highest BCUT2D eigenvalue weighted by atomic mass is 16.3. The molecule has 0 bridgehead atoms. The average molecular weight is 205 g/mol. The van der Waals surface area contributed by atoms with Gasteiger partial charge in [-0.05, 0) is 30.9 Å². The molecule has 1 N–H and O–H groups in total. The van der Waals surface area contributed by atoms with E-state index in [0.717, 1.165) is 32.5 Å². The first-order valence-corrected chi connectivity index (χ1v) is 5.70. The van der Waals surface area contributed by atoms with Crippen molar-refractivity contribution in [3.63, 3.8) is 0 Å². The van der Waals surface area contributed by atoms with E-state index in [4.69, 9.17) is 0 Å². The van der Waals surface area contributed by atoms with Crippen LogP contribution in [0.5, 0.6) is 0 Å². The summed E-state index contributed by atoms with van der Waals surface area (Å²) in [6.07, 6.45) is 1.77. The highest BCUT2D eigenvalue weighted by Gasteiger charge is 2.16. The summed E-state index contributed by atoms with van der Waals surface area (Å²) in [6.45, 7) is 5.23. The first-order valence-electron chi connectivity index (χ1n) is 5.70. The molecule has 82 valence electrons. The van der Waals surface area contributed by atoms with Crippen LogP contribution in [0.15, 0.2) is 24.3 Å². The van der Waals surface area contributed by atoms with Gasteiger partial charge < -0.3 is 5.11 Å². The summed E-state index contributed by atoms with van der Waals surface area (Å²) in [5.41, 5.74) is 2.78. The fourth-order valence-corrected chi connectivity index (χ4v) is 2.11. The van der Waals surface area contributed by atoms with E-state index < -0.39 is 0 Å². The van der Waals surface area contributed by atoms with Gasteiger partial charge in [-0.1, -0.05) is 24.3 Å². The zero-order valence-corrected chi connectivity index (χ0v) is 9.32. The second-order valence-electron chi connectivity index (χ2n) is 4.43. The van der Waals surface area contributed by atoms with E-state index in [2.05, 4.69) is 36.1 Å². The lowest BCUT2D eigenvalue weighted by Gasteiger charge is -2.29. The molecule has 1 heterocycles. The number of aliphatic hydroxyl groups is 1. The van der Waals surface area contributed by atoms with Gasteiger partial charge in [-0.15, -0.1) is 0 Å². The molecule has 1 aromatic carbocycles. The number of aliphatic hydroxyl groups excluding tert-OH is 1. The summed E-state index contributed by atoms with van der Waals surface area (Å²) in [5.74, 6) is 0. The minimum absolute atomic E-state index is 0.0712. The van der Waals surface area contributed by atoms with Crippen molar-refractivity contribution in [2.75, 3.05) is 13.1 Å². The van der Waals surface area contributed by atoms with Gasteiger partial charge in [-0.2, -0.15) is 0 Å².